The number of benzene rings is 1. The predicted octanol–water partition coefficient (Wildman–Crippen LogP) is 1.58. The summed E-state index contributed by atoms with van der Waals surface area (Å²) in [5, 5.41) is 21.4. The molecule has 0 bridgehead atoms. The molecular weight excluding hydrogens is 218 g/mol. The molecule has 0 radical (unpaired) electrons. The summed E-state index contributed by atoms with van der Waals surface area (Å²) in [7, 11) is 0. The zero-order valence-electron chi connectivity index (χ0n) is 9.85. The Morgan fingerprint density at radius 2 is 2.18 bits per heavy atom. The molecule has 1 aliphatic heterocycles. The normalized spacial score (nSPS) is 17.8. The largest absolute Gasteiger partial charge is 0.508 e. The minimum absolute atomic E-state index is 0.222. The first-order valence-corrected chi connectivity index (χ1v) is 6.11. The molecule has 0 aromatic heterocycles. The molecule has 1 aromatic carbocycles. The van der Waals surface area contributed by atoms with Crippen molar-refractivity contribution in [2.75, 3.05) is 19.8 Å². The summed E-state index contributed by atoms with van der Waals surface area (Å²) < 4.78 is 5.51. The maximum atomic E-state index is 9.33. The monoisotopic (exact) mass is 237 g/mol. The number of ether oxygens (including phenoxy) is 1. The van der Waals surface area contributed by atoms with Crippen LogP contribution in [0.4, 0.5) is 0 Å². The number of aliphatic hydroxyl groups is 1. The Balaban J connectivity index is 1.81. The lowest BCUT2D eigenvalue weighted by Gasteiger charge is -2.11. The molecule has 3 N–H and O–H groups in total. The first-order chi connectivity index (χ1) is 8.31. The van der Waals surface area contributed by atoms with Crippen LogP contribution < -0.4 is 10.1 Å². The van der Waals surface area contributed by atoms with Crippen LogP contribution in [0.3, 0.4) is 0 Å². The second kappa shape index (κ2) is 5.89. The zero-order chi connectivity index (χ0) is 12.1. The Labute approximate surface area is 101 Å². The van der Waals surface area contributed by atoms with Gasteiger partial charge in [-0.15, -0.1) is 0 Å². The van der Waals surface area contributed by atoms with Gasteiger partial charge in [-0.2, -0.15) is 0 Å². The van der Waals surface area contributed by atoms with Gasteiger partial charge in [-0.05, 0) is 37.9 Å². The number of nitrogens with one attached hydrogen (secondary N) is 1. The molecule has 1 aliphatic rings. The summed E-state index contributed by atoms with van der Waals surface area (Å²) >= 11 is 0. The van der Waals surface area contributed by atoms with E-state index >= 15 is 0 Å². The molecule has 4 heteroatoms. The summed E-state index contributed by atoms with van der Waals surface area (Å²) in [4.78, 5) is 0. The maximum absolute atomic E-state index is 9.33. The van der Waals surface area contributed by atoms with E-state index in [4.69, 9.17) is 9.84 Å². The molecule has 17 heavy (non-hydrogen) atoms. The van der Waals surface area contributed by atoms with E-state index in [0.29, 0.717) is 6.61 Å². The predicted molar refractivity (Wildman–Crippen MR) is 65.3 cm³/mol. The van der Waals surface area contributed by atoms with Crippen molar-refractivity contribution in [3.63, 3.8) is 0 Å². The molecule has 0 saturated heterocycles. The third-order valence-corrected chi connectivity index (χ3v) is 3.00. The highest BCUT2D eigenvalue weighted by Crippen LogP contribution is 2.34. The highest BCUT2D eigenvalue weighted by molar-refractivity contribution is 5.44. The highest BCUT2D eigenvalue weighted by atomic mass is 16.5. The van der Waals surface area contributed by atoms with Crippen molar-refractivity contribution in [3.05, 3.63) is 23.8 Å². The van der Waals surface area contributed by atoms with Crippen LogP contribution in [0.1, 0.15) is 30.9 Å². The molecule has 1 aromatic rings. The average Bonchev–Trinajstić information content (AvgIpc) is 2.71. The van der Waals surface area contributed by atoms with E-state index in [1.54, 1.807) is 12.1 Å². The molecule has 0 saturated carbocycles. The lowest BCUT2D eigenvalue weighted by Crippen LogP contribution is -2.23. The smallest absolute Gasteiger partial charge is 0.127 e. The molecule has 0 aliphatic carbocycles. The highest BCUT2D eigenvalue weighted by Gasteiger charge is 2.23. The minimum Gasteiger partial charge on any atom is -0.508 e. The Bertz CT molecular complexity index is 368. The van der Waals surface area contributed by atoms with Gasteiger partial charge in [0.2, 0.25) is 0 Å². The van der Waals surface area contributed by atoms with Crippen LogP contribution in [0.25, 0.3) is 0 Å². The van der Waals surface area contributed by atoms with Crippen molar-refractivity contribution in [3.8, 4) is 11.5 Å². The summed E-state index contributed by atoms with van der Waals surface area (Å²) in [5.74, 6) is 1.02. The first-order valence-electron chi connectivity index (χ1n) is 6.11. The number of hydrogen-bond donors (Lipinski definition) is 3. The van der Waals surface area contributed by atoms with Crippen LogP contribution in [-0.4, -0.2) is 30.0 Å². The van der Waals surface area contributed by atoms with Crippen molar-refractivity contribution in [2.45, 2.75) is 25.3 Å². The summed E-state index contributed by atoms with van der Waals surface area (Å²) in [6.07, 6.45) is 2.97. The first kappa shape index (κ1) is 12.2. The fourth-order valence-corrected chi connectivity index (χ4v) is 2.06. The third kappa shape index (κ3) is 3.11. The minimum atomic E-state index is 0.222. The number of hydrogen-bond acceptors (Lipinski definition) is 4. The number of unbranched alkanes of at least 4 members (excludes halogenated alkanes) is 2. The molecule has 1 unspecified atom stereocenters. The van der Waals surface area contributed by atoms with Gasteiger partial charge in [0.1, 0.15) is 18.1 Å². The molecule has 4 nitrogen and oxygen atoms in total. The van der Waals surface area contributed by atoms with E-state index in [1.165, 1.54) is 0 Å². The van der Waals surface area contributed by atoms with Gasteiger partial charge < -0.3 is 20.3 Å². The lowest BCUT2D eigenvalue weighted by molar-refractivity contribution is 0.280. The van der Waals surface area contributed by atoms with Gasteiger partial charge >= 0.3 is 0 Å². The van der Waals surface area contributed by atoms with Crippen molar-refractivity contribution < 1.29 is 14.9 Å². The van der Waals surface area contributed by atoms with Gasteiger partial charge in [0.05, 0.1) is 6.04 Å². The fraction of sp³-hybridized carbons (Fsp3) is 0.538. The van der Waals surface area contributed by atoms with Crippen LogP contribution in [0.2, 0.25) is 0 Å². The Morgan fingerprint density at radius 1 is 1.29 bits per heavy atom. The van der Waals surface area contributed by atoms with Gasteiger partial charge in [0.15, 0.2) is 0 Å². The van der Waals surface area contributed by atoms with E-state index in [0.717, 1.165) is 37.1 Å². The van der Waals surface area contributed by atoms with Crippen LogP contribution in [0.5, 0.6) is 11.5 Å². The number of phenols is 1. The Hall–Kier alpha value is -1.26. The standard InChI is InChI=1S/C13H19NO3/c15-7-3-1-2-6-14-12-9-17-13-8-10(16)4-5-11(12)13/h4-5,8,12,14-16H,1-3,6-7,9H2. The lowest BCUT2D eigenvalue weighted by atomic mass is 10.1. The second-order valence-corrected chi connectivity index (χ2v) is 4.32. The SMILES string of the molecule is OCCCCCNC1COc2cc(O)ccc21. The van der Waals surface area contributed by atoms with Gasteiger partial charge in [0, 0.05) is 18.2 Å². The molecule has 0 amide bonds. The summed E-state index contributed by atoms with van der Waals surface area (Å²) in [5.41, 5.74) is 1.12. The van der Waals surface area contributed by atoms with Gasteiger partial charge in [-0.1, -0.05) is 0 Å². The topological polar surface area (TPSA) is 61.7 Å². The number of aliphatic hydroxyl groups excluding tert-OH is 1. The van der Waals surface area contributed by atoms with Crippen molar-refractivity contribution >= 4 is 0 Å². The Morgan fingerprint density at radius 3 is 3.00 bits per heavy atom. The van der Waals surface area contributed by atoms with E-state index in [9.17, 15) is 5.11 Å². The van der Waals surface area contributed by atoms with Crippen LogP contribution >= 0.6 is 0 Å². The quantitative estimate of drug-likeness (QED) is 0.657. The number of rotatable bonds is 6. The van der Waals surface area contributed by atoms with Crippen LogP contribution in [-0.2, 0) is 0 Å². The Kier molecular flexibility index (Phi) is 4.23. The van der Waals surface area contributed by atoms with Gasteiger partial charge in [-0.25, -0.2) is 0 Å². The summed E-state index contributed by atoms with van der Waals surface area (Å²) in [6, 6.07) is 5.47. The summed E-state index contributed by atoms with van der Waals surface area (Å²) in [6.45, 7) is 1.82. The van der Waals surface area contributed by atoms with Gasteiger partial charge in [-0.3, -0.25) is 0 Å². The molecule has 2 rings (SSSR count). The van der Waals surface area contributed by atoms with Crippen LogP contribution in [0, 0.1) is 0 Å². The molecule has 94 valence electrons. The van der Waals surface area contributed by atoms with Crippen LogP contribution in [0.15, 0.2) is 18.2 Å². The number of aromatic hydroxyl groups is 1. The van der Waals surface area contributed by atoms with E-state index < -0.39 is 0 Å². The van der Waals surface area contributed by atoms with Crippen molar-refractivity contribution in [1.82, 2.24) is 5.32 Å². The molecule has 1 atom stereocenters. The van der Waals surface area contributed by atoms with Crippen molar-refractivity contribution in [2.24, 2.45) is 0 Å². The molecule has 1 heterocycles. The molecule has 0 fully saturated rings. The maximum Gasteiger partial charge on any atom is 0.127 e. The van der Waals surface area contributed by atoms with E-state index in [2.05, 4.69) is 5.32 Å². The number of phenolic OH excluding ortho intramolecular Hbond substituents is 1. The second-order valence-electron chi connectivity index (χ2n) is 4.32. The zero-order valence-corrected chi connectivity index (χ0v) is 9.85. The van der Waals surface area contributed by atoms with Gasteiger partial charge in [0.25, 0.3) is 0 Å². The fourth-order valence-electron chi connectivity index (χ4n) is 2.06. The number of fused-ring (bicyclic) bond motifs is 1. The molecule has 0 spiro atoms. The third-order valence-electron chi connectivity index (χ3n) is 3.00. The molecular formula is C13H19NO3. The van der Waals surface area contributed by atoms with E-state index in [1.807, 2.05) is 6.07 Å². The van der Waals surface area contributed by atoms with E-state index in [-0.39, 0.29) is 18.4 Å². The average molecular weight is 237 g/mol. The van der Waals surface area contributed by atoms with Crippen molar-refractivity contribution in [1.29, 1.82) is 0 Å².